The second kappa shape index (κ2) is 9.55. The Hall–Kier alpha value is -1.36. The molecule has 0 atom stereocenters. The fraction of sp³-hybridized carbons (Fsp3) is 0.714. The molecule has 0 saturated heterocycles. The minimum atomic E-state index is -0.0768. The van der Waals surface area contributed by atoms with Crippen molar-refractivity contribution in [1.82, 2.24) is 15.1 Å². The van der Waals surface area contributed by atoms with E-state index in [9.17, 15) is 4.79 Å². The van der Waals surface area contributed by atoms with E-state index >= 15 is 0 Å². The predicted octanol–water partition coefficient (Wildman–Crippen LogP) is 1.68. The van der Waals surface area contributed by atoms with Crippen LogP contribution in [0.2, 0.25) is 0 Å². The van der Waals surface area contributed by atoms with Gasteiger partial charge in [-0.25, -0.2) is 0 Å². The zero-order valence-electron chi connectivity index (χ0n) is 12.0. The lowest BCUT2D eigenvalue weighted by atomic mass is 10.2. The summed E-state index contributed by atoms with van der Waals surface area (Å²) in [5, 5.41) is 7.54. The average Bonchev–Trinajstić information content (AvgIpc) is 2.79. The lowest BCUT2D eigenvalue weighted by Crippen LogP contribution is -2.18. The summed E-state index contributed by atoms with van der Waals surface area (Å²) in [5.41, 5.74) is 1.26. The molecule has 0 aliphatic heterocycles. The van der Waals surface area contributed by atoms with Gasteiger partial charge in [-0.2, -0.15) is 5.10 Å². The monoisotopic (exact) mass is 267 g/mol. The quantitative estimate of drug-likeness (QED) is 0.517. The SMILES string of the molecule is CCOC(=O)CCCCCNCCc1cnn(C)c1. The van der Waals surface area contributed by atoms with Gasteiger partial charge in [0.2, 0.25) is 0 Å². The molecule has 0 radical (unpaired) electrons. The first kappa shape index (κ1) is 15.7. The molecule has 1 aromatic heterocycles. The van der Waals surface area contributed by atoms with Crippen molar-refractivity contribution in [2.45, 2.75) is 39.0 Å². The highest BCUT2D eigenvalue weighted by Crippen LogP contribution is 2.01. The molecular weight excluding hydrogens is 242 g/mol. The molecule has 5 nitrogen and oxygen atoms in total. The Morgan fingerprint density at radius 1 is 1.37 bits per heavy atom. The molecule has 5 heteroatoms. The maximum atomic E-state index is 11.1. The van der Waals surface area contributed by atoms with E-state index in [1.165, 1.54) is 5.56 Å². The molecule has 19 heavy (non-hydrogen) atoms. The van der Waals surface area contributed by atoms with Gasteiger partial charge in [0.05, 0.1) is 12.8 Å². The number of ether oxygens (including phenoxy) is 1. The Morgan fingerprint density at radius 3 is 2.89 bits per heavy atom. The van der Waals surface area contributed by atoms with Crippen LogP contribution >= 0.6 is 0 Å². The summed E-state index contributed by atoms with van der Waals surface area (Å²) in [6, 6.07) is 0. The van der Waals surface area contributed by atoms with E-state index in [0.29, 0.717) is 13.0 Å². The van der Waals surface area contributed by atoms with Crippen molar-refractivity contribution in [3.63, 3.8) is 0 Å². The van der Waals surface area contributed by atoms with Crippen molar-refractivity contribution in [3.05, 3.63) is 18.0 Å². The van der Waals surface area contributed by atoms with Crippen LogP contribution in [0.3, 0.4) is 0 Å². The zero-order chi connectivity index (χ0) is 13.9. The van der Waals surface area contributed by atoms with E-state index in [4.69, 9.17) is 4.74 Å². The maximum Gasteiger partial charge on any atom is 0.305 e. The smallest absolute Gasteiger partial charge is 0.305 e. The molecule has 0 bridgehead atoms. The predicted molar refractivity (Wildman–Crippen MR) is 74.9 cm³/mol. The number of rotatable bonds is 10. The number of carbonyl (C=O) groups excluding carboxylic acids is 1. The second-order valence-corrected chi connectivity index (χ2v) is 4.64. The molecule has 1 aromatic rings. The van der Waals surface area contributed by atoms with E-state index in [1.807, 2.05) is 31.0 Å². The van der Waals surface area contributed by atoms with Gasteiger partial charge in [0.25, 0.3) is 0 Å². The largest absolute Gasteiger partial charge is 0.466 e. The molecule has 108 valence electrons. The first-order valence-electron chi connectivity index (χ1n) is 7.06. The number of hydrogen-bond acceptors (Lipinski definition) is 4. The number of carbonyl (C=O) groups is 1. The van der Waals surface area contributed by atoms with Gasteiger partial charge in [-0.05, 0) is 44.8 Å². The van der Waals surface area contributed by atoms with Gasteiger partial charge in [0, 0.05) is 19.7 Å². The molecule has 0 unspecified atom stereocenters. The number of nitrogens with zero attached hydrogens (tertiary/aromatic N) is 2. The number of nitrogens with one attached hydrogen (secondary N) is 1. The normalized spacial score (nSPS) is 10.6. The number of hydrogen-bond donors (Lipinski definition) is 1. The third kappa shape index (κ3) is 7.62. The maximum absolute atomic E-state index is 11.1. The molecule has 0 aliphatic rings. The molecule has 0 fully saturated rings. The molecule has 1 heterocycles. The summed E-state index contributed by atoms with van der Waals surface area (Å²) < 4.78 is 6.70. The van der Waals surface area contributed by atoms with Gasteiger partial charge >= 0.3 is 5.97 Å². The van der Waals surface area contributed by atoms with E-state index in [2.05, 4.69) is 10.4 Å². The summed E-state index contributed by atoms with van der Waals surface area (Å²) >= 11 is 0. The number of esters is 1. The van der Waals surface area contributed by atoms with E-state index in [0.717, 1.165) is 38.8 Å². The fourth-order valence-electron chi connectivity index (χ4n) is 1.89. The van der Waals surface area contributed by atoms with Crippen molar-refractivity contribution in [3.8, 4) is 0 Å². The molecule has 0 amide bonds. The van der Waals surface area contributed by atoms with Gasteiger partial charge in [-0.1, -0.05) is 6.42 Å². The summed E-state index contributed by atoms with van der Waals surface area (Å²) in [4.78, 5) is 11.1. The van der Waals surface area contributed by atoms with Crippen molar-refractivity contribution in [2.75, 3.05) is 19.7 Å². The summed E-state index contributed by atoms with van der Waals surface area (Å²) in [7, 11) is 1.93. The highest BCUT2D eigenvalue weighted by molar-refractivity contribution is 5.69. The van der Waals surface area contributed by atoms with Gasteiger partial charge in [0.1, 0.15) is 0 Å². The highest BCUT2D eigenvalue weighted by atomic mass is 16.5. The summed E-state index contributed by atoms with van der Waals surface area (Å²) in [5.74, 6) is -0.0768. The highest BCUT2D eigenvalue weighted by Gasteiger charge is 2.00. The molecule has 1 N–H and O–H groups in total. The second-order valence-electron chi connectivity index (χ2n) is 4.64. The van der Waals surface area contributed by atoms with Gasteiger partial charge in [-0.15, -0.1) is 0 Å². The lowest BCUT2D eigenvalue weighted by molar-refractivity contribution is -0.143. The zero-order valence-corrected chi connectivity index (χ0v) is 12.0. The average molecular weight is 267 g/mol. The Kier molecular flexibility index (Phi) is 7.89. The third-order valence-electron chi connectivity index (χ3n) is 2.89. The lowest BCUT2D eigenvalue weighted by Gasteiger charge is -2.04. The summed E-state index contributed by atoms with van der Waals surface area (Å²) in [6.07, 6.45) is 8.59. The van der Waals surface area contributed by atoms with Crippen LogP contribution in [-0.4, -0.2) is 35.4 Å². The van der Waals surface area contributed by atoms with Crippen LogP contribution in [0.15, 0.2) is 12.4 Å². The van der Waals surface area contributed by atoms with Crippen molar-refractivity contribution < 1.29 is 9.53 Å². The Bertz CT molecular complexity index is 363. The van der Waals surface area contributed by atoms with Crippen LogP contribution in [0.4, 0.5) is 0 Å². The van der Waals surface area contributed by atoms with E-state index in [-0.39, 0.29) is 5.97 Å². The van der Waals surface area contributed by atoms with Crippen LogP contribution < -0.4 is 5.32 Å². The molecule has 0 spiro atoms. The van der Waals surface area contributed by atoms with Gasteiger partial charge in [-0.3, -0.25) is 9.48 Å². The Morgan fingerprint density at radius 2 is 2.21 bits per heavy atom. The van der Waals surface area contributed by atoms with E-state index < -0.39 is 0 Å². The first-order chi connectivity index (χ1) is 9.22. The van der Waals surface area contributed by atoms with Gasteiger partial charge < -0.3 is 10.1 Å². The minimum Gasteiger partial charge on any atom is -0.466 e. The van der Waals surface area contributed by atoms with Crippen LogP contribution in [0.25, 0.3) is 0 Å². The van der Waals surface area contributed by atoms with Crippen LogP contribution in [0.5, 0.6) is 0 Å². The molecule has 0 aromatic carbocycles. The molecule has 0 aliphatic carbocycles. The van der Waals surface area contributed by atoms with Crippen molar-refractivity contribution >= 4 is 5.97 Å². The third-order valence-corrected chi connectivity index (χ3v) is 2.89. The molecular formula is C14H25N3O2. The van der Waals surface area contributed by atoms with Crippen molar-refractivity contribution in [1.29, 1.82) is 0 Å². The number of aryl methyl sites for hydroxylation is 1. The Balaban J connectivity index is 1.87. The van der Waals surface area contributed by atoms with Crippen LogP contribution in [-0.2, 0) is 23.0 Å². The first-order valence-corrected chi connectivity index (χ1v) is 7.06. The van der Waals surface area contributed by atoms with Crippen molar-refractivity contribution in [2.24, 2.45) is 7.05 Å². The standard InChI is InChI=1S/C14H25N3O2/c1-3-19-14(18)7-5-4-6-9-15-10-8-13-11-16-17(2)12-13/h11-12,15H,3-10H2,1-2H3. The molecule has 1 rings (SSSR count). The topological polar surface area (TPSA) is 56.1 Å². The molecule has 0 saturated carbocycles. The van der Waals surface area contributed by atoms with Gasteiger partial charge in [0.15, 0.2) is 0 Å². The van der Waals surface area contributed by atoms with Crippen LogP contribution in [0.1, 0.15) is 38.2 Å². The minimum absolute atomic E-state index is 0.0768. The van der Waals surface area contributed by atoms with E-state index in [1.54, 1.807) is 0 Å². The summed E-state index contributed by atoms with van der Waals surface area (Å²) in [6.45, 7) is 4.30. The van der Waals surface area contributed by atoms with Crippen LogP contribution in [0, 0.1) is 0 Å². The Labute approximate surface area is 115 Å². The number of aromatic nitrogens is 2. The number of unbranched alkanes of at least 4 members (excludes halogenated alkanes) is 2. The fourth-order valence-corrected chi connectivity index (χ4v) is 1.89.